The first-order valence-corrected chi connectivity index (χ1v) is 4.70. The first-order chi connectivity index (χ1) is 6.54. The molecular formula is C8H5BrFN3S. The zero-order chi connectivity index (χ0) is 10.7. The van der Waals surface area contributed by atoms with Gasteiger partial charge in [0.2, 0.25) is 0 Å². The molecule has 1 aromatic rings. The van der Waals surface area contributed by atoms with Gasteiger partial charge in [0.1, 0.15) is 11.9 Å². The number of benzene rings is 1. The van der Waals surface area contributed by atoms with Crippen LogP contribution in [-0.4, -0.2) is 5.11 Å². The van der Waals surface area contributed by atoms with Crippen molar-refractivity contribution in [2.24, 2.45) is 5.73 Å². The van der Waals surface area contributed by atoms with E-state index in [1.54, 1.807) is 0 Å². The van der Waals surface area contributed by atoms with Crippen molar-refractivity contribution in [2.75, 3.05) is 5.32 Å². The number of hydrogen-bond acceptors (Lipinski definition) is 2. The van der Waals surface area contributed by atoms with E-state index in [-0.39, 0.29) is 20.8 Å². The predicted molar refractivity (Wildman–Crippen MR) is 59.2 cm³/mol. The topological polar surface area (TPSA) is 61.8 Å². The van der Waals surface area contributed by atoms with E-state index in [0.717, 1.165) is 6.07 Å². The largest absolute Gasteiger partial charge is 0.376 e. The molecule has 1 aromatic carbocycles. The van der Waals surface area contributed by atoms with Crippen molar-refractivity contribution in [1.82, 2.24) is 0 Å². The Bertz CT molecular complexity index is 427. The molecule has 0 saturated carbocycles. The van der Waals surface area contributed by atoms with Crippen molar-refractivity contribution >= 4 is 38.9 Å². The van der Waals surface area contributed by atoms with Gasteiger partial charge in [0.15, 0.2) is 5.11 Å². The summed E-state index contributed by atoms with van der Waals surface area (Å²) in [5.41, 5.74) is 5.75. The Kier molecular flexibility index (Phi) is 3.38. The highest BCUT2D eigenvalue weighted by molar-refractivity contribution is 9.10. The fraction of sp³-hybridized carbons (Fsp3) is 0. The molecule has 0 aliphatic carbocycles. The standard InChI is InChI=1S/C8H5BrFN3S/c9-5-1-4(3-11)7(2-6(5)10)13-8(12)14/h1-2H,(H3,12,13,14). The number of hydrogen-bond donors (Lipinski definition) is 2. The van der Waals surface area contributed by atoms with Gasteiger partial charge in [-0.3, -0.25) is 0 Å². The van der Waals surface area contributed by atoms with Crippen molar-refractivity contribution in [3.05, 3.63) is 28.0 Å². The van der Waals surface area contributed by atoms with E-state index in [1.807, 2.05) is 6.07 Å². The second-order valence-corrected chi connectivity index (χ2v) is 3.71. The maximum Gasteiger partial charge on any atom is 0.168 e. The van der Waals surface area contributed by atoms with E-state index in [0.29, 0.717) is 0 Å². The maximum absolute atomic E-state index is 13.1. The fourth-order valence-electron chi connectivity index (χ4n) is 0.875. The molecule has 3 nitrogen and oxygen atoms in total. The van der Waals surface area contributed by atoms with Gasteiger partial charge >= 0.3 is 0 Å². The quantitative estimate of drug-likeness (QED) is 0.770. The van der Waals surface area contributed by atoms with Crippen LogP contribution in [-0.2, 0) is 0 Å². The molecule has 14 heavy (non-hydrogen) atoms. The minimum Gasteiger partial charge on any atom is -0.376 e. The van der Waals surface area contributed by atoms with Crippen LogP contribution in [0.5, 0.6) is 0 Å². The molecule has 0 radical (unpaired) electrons. The van der Waals surface area contributed by atoms with Gasteiger partial charge in [-0.05, 0) is 40.3 Å². The lowest BCUT2D eigenvalue weighted by Gasteiger charge is -2.06. The summed E-state index contributed by atoms with van der Waals surface area (Å²) >= 11 is 7.55. The van der Waals surface area contributed by atoms with Crippen molar-refractivity contribution in [3.63, 3.8) is 0 Å². The second-order valence-electron chi connectivity index (χ2n) is 2.41. The summed E-state index contributed by atoms with van der Waals surface area (Å²) in [5.74, 6) is -0.484. The SMILES string of the molecule is N#Cc1cc(Br)c(F)cc1NC(N)=S. The van der Waals surface area contributed by atoms with Crippen LogP contribution in [0.4, 0.5) is 10.1 Å². The highest BCUT2D eigenvalue weighted by Gasteiger charge is 2.08. The Morgan fingerprint density at radius 2 is 2.29 bits per heavy atom. The van der Waals surface area contributed by atoms with Gasteiger partial charge in [0.25, 0.3) is 0 Å². The number of anilines is 1. The van der Waals surface area contributed by atoms with E-state index in [2.05, 4.69) is 33.5 Å². The molecule has 0 aromatic heterocycles. The van der Waals surface area contributed by atoms with Crippen LogP contribution >= 0.6 is 28.1 Å². The first-order valence-electron chi connectivity index (χ1n) is 3.50. The number of nitrogens with one attached hydrogen (secondary N) is 1. The van der Waals surface area contributed by atoms with Gasteiger partial charge < -0.3 is 11.1 Å². The van der Waals surface area contributed by atoms with Crippen molar-refractivity contribution < 1.29 is 4.39 Å². The summed E-state index contributed by atoms with van der Waals surface area (Å²) in [6.07, 6.45) is 0. The normalized spacial score (nSPS) is 9.21. The average Bonchev–Trinajstić information content (AvgIpc) is 2.10. The van der Waals surface area contributed by atoms with E-state index in [4.69, 9.17) is 11.0 Å². The maximum atomic E-state index is 13.1. The van der Waals surface area contributed by atoms with Crippen LogP contribution in [0.15, 0.2) is 16.6 Å². The summed E-state index contributed by atoms with van der Waals surface area (Å²) in [6.45, 7) is 0. The zero-order valence-electron chi connectivity index (χ0n) is 6.84. The third kappa shape index (κ3) is 2.40. The Labute approximate surface area is 93.8 Å². The molecule has 72 valence electrons. The molecule has 0 spiro atoms. The number of nitrogens with two attached hydrogens (primary N) is 1. The molecule has 0 bridgehead atoms. The summed E-state index contributed by atoms with van der Waals surface area (Å²) in [7, 11) is 0. The third-order valence-corrected chi connectivity index (χ3v) is 2.15. The van der Waals surface area contributed by atoms with Crippen LogP contribution < -0.4 is 11.1 Å². The van der Waals surface area contributed by atoms with E-state index >= 15 is 0 Å². The smallest absolute Gasteiger partial charge is 0.168 e. The Balaban J connectivity index is 3.22. The molecule has 0 saturated heterocycles. The monoisotopic (exact) mass is 273 g/mol. The van der Waals surface area contributed by atoms with Crippen molar-refractivity contribution in [2.45, 2.75) is 0 Å². The average molecular weight is 274 g/mol. The van der Waals surface area contributed by atoms with Gasteiger partial charge in [0, 0.05) is 0 Å². The zero-order valence-corrected chi connectivity index (χ0v) is 9.25. The van der Waals surface area contributed by atoms with Crippen LogP contribution in [0, 0.1) is 17.1 Å². The van der Waals surface area contributed by atoms with Gasteiger partial charge in [0.05, 0.1) is 15.7 Å². The summed E-state index contributed by atoms with van der Waals surface area (Å²) in [4.78, 5) is 0. The Morgan fingerprint density at radius 1 is 1.64 bits per heavy atom. The number of nitriles is 1. The van der Waals surface area contributed by atoms with Crippen molar-refractivity contribution in [1.29, 1.82) is 5.26 Å². The Hall–Kier alpha value is -1.19. The minimum absolute atomic E-state index is 0.0109. The minimum atomic E-state index is -0.484. The molecule has 3 N–H and O–H groups in total. The lowest BCUT2D eigenvalue weighted by Crippen LogP contribution is -2.19. The van der Waals surface area contributed by atoms with Gasteiger partial charge in [-0.15, -0.1) is 0 Å². The van der Waals surface area contributed by atoms with E-state index in [1.165, 1.54) is 6.07 Å². The second kappa shape index (κ2) is 4.35. The van der Waals surface area contributed by atoms with Crippen LogP contribution in [0.2, 0.25) is 0 Å². The number of halogens is 2. The van der Waals surface area contributed by atoms with Gasteiger partial charge in [-0.25, -0.2) is 4.39 Å². The summed E-state index contributed by atoms with van der Waals surface area (Å²) in [5, 5.41) is 11.2. The predicted octanol–water partition coefficient (Wildman–Crippen LogP) is 2.12. The molecule has 6 heteroatoms. The van der Waals surface area contributed by atoms with Gasteiger partial charge in [-0.1, -0.05) is 0 Å². The molecule has 0 fully saturated rings. The molecule has 0 amide bonds. The number of rotatable bonds is 1. The lowest BCUT2D eigenvalue weighted by molar-refractivity contribution is 0.621. The summed E-state index contributed by atoms with van der Waals surface area (Å²) in [6, 6.07) is 4.41. The van der Waals surface area contributed by atoms with Crippen molar-refractivity contribution in [3.8, 4) is 6.07 Å². The van der Waals surface area contributed by atoms with Gasteiger partial charge in [-0.2, -0.15) is 5.26 Å². The lowest BCUT2D eigenvalue weighted by atomic mass is 10.2. The van der Waals surface area contributed by atoms with Crippen LogP contribution in [0.3, 0.4) is 0 Å². The van der Waals surface area contributed by atoms with E-state index in [9.17, 15) is 4.39 Å². The number of nitrogens with zero attached hydrogens (tertiary/aromatic N) is 1. The molecule has 0 unspecified atom stereocenters. The molecule has 1 rings (SSSR count). The first kappa shape index (κ1) is 10.9. The van der Waals surface area contributed by atoms with E-state index < -0.39 is 5.82 Å². The van der Waals surface area contributed by atoms with Crippen LogP contribution in [0.25, 0.3) is 0 Å². The molecule has 0 aliphatic heterocycles. The molecular weight excluding hydrogens is 269 g/mol. The molecule has 0 aliphatic rings. The summed E-state index contributed by atoms with van der Waals surface area (Å²) < 4.78 is 13.3. The number of thiocarbonyl (C=S) groups is 1. The highest BCUT2D eigenvalue weighted by Crippen LogP contribution is 2.23. The fourth-order valence-corrected chi connectivity index (χ4v) is 1.33. The highest BCUT2D eigenvalue weighted by atomic mass is 79.9. The molecule has 0 heterocycles. The van der Waals surface area contributed by atoms with Crippen LogP contribution in [0.1, 0.15) is 5.56 Å². The third-order valence-electron chi connectivity index (χ3n) is 1.44. The molecule has 0 atom stereocenters. The Morgan fingerprint density at radius 3 is 2.79 bits per heavy atom.